The predicted octanol–water partition coefficient (Wildman–Crippen LogP) is 2.72. The van der Waals surface area contributed by atoms with Gasteiger partial charge in [-0.2, -0.15) is 5.26 Å². The van der Waals surface area contributed by atoms with Gasteiger partial charge in [-0.05, 0) is 49.2 Å². The SMILES string of the molecule is Cc1c(C)n(Cc2ccc(C#N)cc2)cc(C(=O)NCc2ccc(S(C)(=O)=O)cc2)c1=O. The van der Waals surface area contributed by atoms with Crippen LogP contribution in [-0.2, 0) is 22.9 Å². The van der Waals surface area contributed by atoms with E-state index < -0.39 is 15.7 Å². The molecule has 0 radical (unpaired) electrons. The Morgan fingerprint density at radius 2 is 1.62 bits per heavy atom. The van der Waals surface area contributed by atoms with Gasteiger partial charge in [0.1, 0.15) is 5.56 Å². The van der Waals surface area contributed by atoms with Gasteiger partial charge >= 0.3 is 0 Å². The third-order valence-electron chi connectivity index (χ3n) is 5.33. The standard InChI is InChI=1S/C24H23N3O4S/c1-16-17(2)27(14-20-6-4-18(12-25)5-7-20)15-22(23(16)28)24(29)26-13-19-8-10-21(11-9-19)32(3,30)31/h4-11,15H,13-14H2,1-3H3,(H,26,29). The number of nitriles is 1. The number of carbonyl (C=O) groups excluding carboxylic acids is 1. The average Bonchev–Trinajstić information content (AvgIpc) is 2.78. The Morgan fingerprint density at radius 1 is 1.03 bits per heavy atom. The Kier molecular flexibility index (Phi) is 6.61. The van der Waals surface area contributed by atoms with Gasteiger partial charge in [-0.3, -0.25) is 9.59 Å². The first-order valence-corrected chi connectivity index (χ1v) is 11.8. The van der Waals surface area contributed by atoms with E-state index in [-0.39, 0.29) is 22.4 Å². The van der Waals surface area contributed by atoms with Gasteiger partial charge in [-0.15, -0.1) is 0 Å². The van der Waals surface area contributed by atoms with E-state index in [1.807, 2.05) is 23.6 Å². The van der Waals surface area contributed by atoms with Crippen LogP contribution in [0, 0.1) is 25.2 Å². The van der Waals surface area contributed by atoms with Gasteiger partial charge < -0.3 is 9.88 Å². The van der Waals surface area contributed by atoms with Gasteiger partial charge in [-0.25, -0.2) is 8.42 Å². The minimum Gasteiger partial charge on any atom is -0.348 e. The number of hydrogen-bond donors (Lipinski definition) is 1. The van der Waals surface area contributed by atoms with Crippen molar-refractivity contribution in [2.24, 2.45) is 0 Å². The quantitative estimate of drug-likeness (QED) is 0.622. The first-order chi connectivity index (χ1) is 15.1. The largest absolute Gasteiger partial charge is 0.348 e. The number of amides is 1. The summed E-state index contributed by atoms with van der Waals surface area (Å²) in [5, 5.41) is 11.7. The third kappa shape index (κ3) is 5.13. The maximum absolute atomic E-state index is 12.8. The molecule has 8 heteroatoms. The molecule has 2 aromatic carbocycles. The molecular formula is C24H23N3O4S. The van der Waals surface area contributed by atoms with E-state index in [2.05, 4.69) is 11.4 Å². The zero-order valence-electron chi connectivity index (χ0n) is 18.0. The molecule has 164 valence electrons. The molecule has 1 aromatic heterocycles. The van der Waals surface area contributed by atoms with Crippen molar-refractivity contribution in [3.63, 3.8) is 0 Å². The molecule has 0 fully saturated rings. The molecule has 0 aliphatic carbocycles. The first-order valence-electron chi connectivity index (χ1n) is 9.87. The number of benzene rings is 2. The Bertz CT molecular complexity index is 1360. The van der Waals surface area contributed by atoms with Gasteiger partial charge in [0, 0.05) is 36.8 Å². The van der Waals surface area contributed by atoms with E-state index in [1.165, 1.54) is 12.1 Å². The Labute approximate surface area is 186 Å². The molecule has 0 aliphatic rings. The second-order valence-electron chi connectivity index (χ2n) is 7.62. The number of aromatic nitrogens is 1. The van der Waals surface area contributed by atoms with Gasteiger partial charge in [0.2, 0.25) is 0 Å². The summed E-state index contributed by atoms with van der Waals surface area (Å²) >= 11 is 0. The number of pyridine rings is 1. The van der Waals surface area contributed by atoms with Crippen molar-refractivity contribution in [2.45, 2.75) is 31.8 Å². The minimum absolute atomic E-state index is 0.0366. The van der Waals surface area contributed by atoms with Gasteiger partial charge in [0.15, 0.2) is 15.3 Å². The zero-order chi connectivity index (χ0) is 23.5. The summed E-state index contributed by atoms with van der Waals surface area (Å²) in [5.41, 5.74) is 3.17. The molecule has 0 aliphatic heterocycles. The van der Waals surface area contributed by atoms with E-state index in [0.717, 1.165) is 17.5 Å². The summed E-state index contributed by atoms with van der Waals surface area (Å²) in [6, 6.07) is 15.4. The molecule has 1 heterocycles. The monoisotopic (exact) mass is 449 g/mol. The van der Waals surface area contributed by atoms with Crippen LogP contribution in [-0.4, -0.2) is 25.1 Å². The molecule has 1 N–H and O–H groups in total. The number of nitrogens with one attached hydrogen (secondary N) is 1. The second-order valence-corrected chi connectivity index (χ2v) is 9.63. The van der Waals surface area contributed by atoms with E-state index in [0.29, 0.717) is 23.2 Å². The van der Waals surface area contributed by atoms with Crippen LogP contribution in [0.5, 0.6) is 0 Å². The molecular weight excluding hydrogens is 426 g/mol. The molecule has 0 saturated heterocycles. The summed E-state index contributed by atoms with van der Waals surface area (Å²) in [6.07, 6.45) is 2.68. The topological polar surface area (TPSA) is 109 Å². The van der Waals surface area contributed by atoms with Crippen molar-refractivity contribution >= 4 is 15.7 Å². The van der Waals surface area contributed by atoms with Crippen molar-refractivity contribution in [3.05, 3.63) is 98.5 Å². The lowest BCUT2D eigenvalue weighted by atomic mass is 10.1. The molecule has 7 nitrogen and oxygen atoms in total. The van der Waals surface area contributed by atoms with Crippen molar-refractivity contribution in [1.29, 1.82) is 5.26 Å². The smallest absolute Gasteiger partial charge is 0.257 e. The van der Waals surface area contributed by atoms with Crippen LogP contribution in [0.25, 0.3) is 0 Å². The summed E-state index contributed by atoms with van der Waals surface area (Å²) in [6.45, 7) is 4.12. The average molecular weight is 450 g/mol. The number of hydrogen-bond acceptors (Lipinski definition) is 5. The normalized spacial score (nSPS) is 11.1. The van der Waals surface area contributed by atoms with Crippen LogP contribution in [0.3, 0.4) is 0 Å². The van der Waals surface area contributed by atoms with Gasteiger partial charge in [0.25, 0.3) is 5.91 Å². The fourth-order valence-corrected chi connectivity index (χ4v) is 3.86. The van der Waals surface area contributed by atoms with E-state index >= 15 is 0 Å². The Balaban J connectivity index is 1.81. The maximum Gasteiger partial charge on any atom is 0.257 e. The second kappa shape index (κ2) is 9.20. The molecule has 3 aromatic rings. The lowest BCUT2D eigenvalue weighted by Crippen LogP contribution is -2.31. The van der Waals surface area contributed by atoms with E-state index in [1.54, 1.807) is 37.4 Å². The number of carbonyl (C=O) groups is 1. The van der Waals surface area contributed by atoms with Crippen LogP contribution in [0.4, 0.5) is 0 Å². The summed E-state index contributed by atoms with van der Waals surface area (Å²) in [4.78, 5) is 25.7. The molecule has 3 rings (SSSR count). The highest BCUT2D eigenvalue weighted by atomic mass is 32.2. The summed E-state index contributed by atoms with van der Waals surface area (Å²) in [7, 11) is -3.29. The van der Waals surface area contributed by atoms with Crippen molar-refractivity contribution < 1.29 is 13.2 Å². The summed E-state index contributed by atoms with van der Waals surface area (Å²) < 4.78 is 25.0. The van der Waals surface area contributed by atoms with Crippen LogP contribution < -0.4 is 10.7 Å². The number of nitrogens with zero attached hydrogens (tertiary/aromatic N) is 2. The maximum atomic E-state index is 12.8. The fourth-order valence-electron chi connectivity index (χ4n) is 3.23. The fraction of sp³-hybridized carbons (Fsp3) is 0.208. The van der Waals surface area contributed by atoms with Crippen LogP contribution in [0.1, 0.15) is 38.3 Å². The molecule has 0 unspecified atom stereocenters. The van der Waals surface area contributed by atoms with E-state index in [9.17, 15) is 18.0 Å². The number of sulfone groups is 1. The lowest BCUT2D eigenvalue weighted by molar-refractivity contribution is 0.0949. The Morgan fingerprint density at radius 3 is 2.19 bits per heavy atom. The molecule has 0 saturated carbocycles. The molecule has 0 atom stereocenters. The molecule has 0 spiro atoms. The van der Waals surface area contributed by atoms with Crippen molar-refractivity contribution in [3.8, 4) is 6.07 Å². The van der Waals surface area contributed by atoms with Gasteiger partial charge in [-0.1, -0.05) is 24.3 Å². The van der Waals surface area contributed by atoms with Crippen molar-refractivity contribution in [1.82, 2.24) is 9.88 Å². The molecule has 0 bridgehead atoms. The molecule has 1 amide bonds. The third-order valence-corrected chi connectivity index (χ3v) is 6.46. The van der Waals surface area contributed by atoms with Gasteiger partial charge in [0.05, 0.1) is 16.5 Å². The first kappa shape index (κ1) is 23.0. The Hall–Kier alpha value is -3.70. The lowest BCUT2D eigenvalue weighted by Gasteiger charge is -2.15. The highest BCUT2D eigenvalue weighted by molar-refractivity contribution is 7.90. The number of rotatable bonds is 6. The molecule has 32 heavy (non-hydrogen) atoms. The van der Waals surface area contributed by atoms with Crippen LogP contribution in [0.15, 0.2) is 64.4 Å². The highest BCUT2D eigenvalue weighted by Gasteiger charge is 2.16. The zero-order valence-corrected chi connectivity index (χ0v) is 18.9. The predicted molar refractivity (Wildman–Crippen MR) is 121 cm³/mol. The van der Waals surface area contributed by atoms with E-state index in [4.69, 9.17) is 5.26 Å². The summed E-state index contributed by atoms with van der Waals surface area (Å²) in [5.74, 6) is -0.501. The highest BCUT2D eigenvalue weighted by Crippen LogP contribution is 2.12. The van der Waals surface area contributed by atoms with Crippen LogP contribution >= 0.6 is 0 Å². The van der Waals surface area contributed by atoms with Crippen LogP contribution in [0.2, 0.25) is 0 Å². The minimum atomic E-state index is -3.29. The van der Waals surface area contributed by atoms with Crippen molar-refractivity contribution in [2.75, 3.05) is 6.26 Å².